The Balaban J connectivity index is 1.78. The van der Waals surface area contributed by atoms with Gasteiger partial charge in [0, 0.05) is 12.6 Å². The minimum absolute atomic E-state index is 0.0654. The molecule has 0 radical (unpaired) electrons. The number of benzene rings is 2. The Kier molecular flexibility index (Phi) is 6.91. The van der Waals surface area contributed by atoms with Crippen LogP contribution < -0.4 is 4.72 Å². The molecule has 0 aliphatic carbocycles. The molecule has 0 aliphatic rings. The second-order valence-corrected chi connectivity index (χ2v) is 7.54. The number of sulfonamides is 1. The number of rotatable bonds is 9. The van der Waals surface area contributed by atoms with Gasteiger partial charge in [0.15, 0.2) is 0 Å². The number of hydrogen-bond acceptors (Lipinski definition) is 3. The fourth-order valence-corrected chi connectivity index (χ4v) is 3.34. The van der Waals surface area contributed by atoms with Gasteiger partial charge in [-0.1, -0.05) is 54.6 Å². The molecule has 0 unspecified atom stereocenters. The lowest BCUT2D eigenvalue weighted by atomic mass is 10.1. The van der Waals surface area contributed by atoms with Gasteiger partial charge in [-0.3, -0.25) is 0 Å². The topological polar surface area (TPSA) is 83.5 Å². The molecule has 0 aromatic heterocycles. The molecule has 0 fully saturated rings. The van der Waals surface area contributed by atoms with Crippen LogP contribution in [0.15, 0.2) is 60.7 Å². The SMILES string of the molecule is O=C(O)/C=C/c1ccc(CCNS(=O)(=O)CCc2ccccc2)cc1. The van der Waals surface area contributed by atoms with E-state index in [2.05, 4.69) is 4.72 Å². The first-order valence-corrected chi connectivity index (χ1v) is 9.61. The van der Waals surface area contributed by atoms with Gasteiger partial charge in [-0.05, 0) is 35.6 Å². The van der Waals surface area contributed by atoms with Crippen LogP contribution in [0.25, 0.3) is 6.08 Å². The van der Waals surface area contributed by atoms with Crippen molar-refractivity contribution >= 4 is 22.1 Å². The molecule has 0 heterocycles. The average Bonchev–Trinajstić information content (AvgIpc) is 2.60. The molecular formula is C19H21NO4S. The summed E-state index contributed by atoms with van der Waals surface area (Å²) >= 11 is 0. The molecule has 2 rings (SSSR count). The highest BCUT2D eigenvalue weighted by Crippen LogP contribution is 2.07. The van der Waals surface area contributed by atoms with E-state index in [1.54, 1.807) is 12.1 Å². The van der Waals surface area contributed by atoms with Crippen LogP contribution in [-0.4, -0.2) is 31.8 Å². The van der Waals surface area contributed by atoms with Crippen molar-refractivity contribution in [2.45, 2.75) is 12.8 Å². The standard InChI is InChI=1S/C19H21NO4S/c21-19(22)11-10-17-6-8-18(9-7-17)12-14-20-25(23,24)15-13-16-4-2-1-3-5-16/h1-11,20H,12-15H2,(H,21,22)/b11-10+. The van der Waals surface area contributed by atoms with Crippen molar-refractivity contribution in [3.63, 3.8) is 0 Å². The maximum atomic E-state index is 12.0. The Morgan fingerprint density at radius 1 is 0.960 bits per heavy atom. The summed E-state index contributed by atoms with van der Waals surface area (Å²) in [4.78, 5) is 10.5. The lowest BCUT2D eigenvalue weighted by Crippen LogP contribution is -2.29. The van der Waals surface area contributed by atoms with Gasteiger partial charge < -0.3 is 5.11 Å². The molecule has 2 aromatic rings. The van der Waals surface area contributed by atoms with Gasteiger partial charge in [0.05, 0.1) is 5.75 Å². The van der Waals surface area contributed by atoms with E-state index in [1.165, 1.54) is 6.08 Å². The molecule has 2 N–H and O–H groups in total. The third kappa shape index (κ3) is 7.32. The number of aryl methyl sites for hydroxylation is 1. The summed E-state index contributed by atoms with van der Waals surface area (Å²) in [5.41, 5.74) is 2.77. The lowest BCUT2D eigenvalue weighted by Gasteiger charge is -2.07. The van der Waals surface area contributed by atoms with Crippen LogP contribution in [0.1, 0.15) is 16.7 Å². The predicted octanol–water partition coefficient (Wildman–Crippen LogP) is 2.49. The molecule has 0 saturated heterocycles. The maximum Gasteiger partial charge on any atom is 0.328 e. The van der Waals surface area contributed by atoms with Crippen LogP contribution in [0.5, 0.6) is 0 Å². The van der Waals surface area contributed by atoms with Crippen molar-refractivity contribution in [2.75, 3.05) is 12.3 Å². The number of hydrogen-bond donors (Lipinski definition) is 2. The molecule has 5 nitrogen and oxygen atoms in total. The Morgan fingerprint density at radius 3 is 2.24 bits per heavy atom. The van der Waals surface area contributed by atoms with E-state index in [-0.39, 0.29) is 5.75 Å². The summed E-state index contributed by atoms with van der Waals surface area (Å²) in [6.45, 7) is 0.335. The van der Waals surface area contributed by atoms with Gasteiger partial charge in [0.25, 0.3) is 0 Å². The number of carboxylic acids is 1. The Morgan fingerprint density at radius 2 is 1.60 bits per heavy atom. The molecule has 0 spiro atoms. The fourth-order valence-electron chi connectivity index (χ4n) is 2.28. The highest BCUT2D eigenvalue weighted by Gasteiger charge is 2.09. The summed E-state index contributed by atoms with van der Waals surface area (Å²) in [5, 5.41) is 8.59. The van der Waals surface area contributed by atoms with Crippen LogP contribution in [0.3, 0.4) is 0 Å². The normalized spacial score (nSPS) is 11.7. The van der Waals surface area contributed by atoms with E-state index in [0.29, 0.717) is 19.4 Å². The smallest absolute Gasteiger partial charge is 0.328 e. The largest absolute Gasteiger partial charge is 0.478 e. The summed E-state index contributed by atoms with van der Waals surface area (Å²) in [6.07, 6.45) is 3.66. The van der Waals surface area contributed by atoms with Gasteiger partial charge in [-0.25, -0.2) is 17.9 Å². The predicted molar refractivity (Wildman–Crippen MR) is 98.8 cm³/mol. The van der Waals surface area contributed by atoms with Crippen molar-refractivity contribution in [1.82, 2.24) is 4.72 Å². The highest BCUT2D eigenvalue weighted by atomic mass is 32.2. The first-order valence-electron chi connectivity index (χ1n) is 7.96. The molecule has 0 saturated carbocycles. The van der Waals surface area contributed by atoms with Crippen LogP contribution in [0.4, 0.5) is 0 Å². The monoisotopic (exact) mass is 359 g/mol. The lowest BCUT2D eigenvalue weighted by molar-refractivity contribution is -0.131. The molecule has 132 valence electrons. The van der Waals surface area contributed by atoms with E-state index in [1.807, 2.05) is 42.5 Å². The van der Waals surface area contributed by atoms with Gasteiger partial charge >= 0.3 is 5.97 Å². The minimum Gasteiger partial charge on any atom is -0.478 e. The first kappa shape index (κ1) is 18.9. The molecule has 0 bridgehead atoms. The van der Waals surface area contributed by atoms with E-state index in [4.69, 9.17) is 5.11 Å². The van der Waals surface area contributed by atoms with Gasteiger partial charge in [0.1, 0.15) is 0 Å². The molecule has 25 heavy (non-hydrogen) atoms. The van der Waals surface area contributed by atoms with Crippen molar-refractivity contribution < 1.29 is 18.3 Å². The van der Waals surface area contributed by atoms with E-state index < -0.39 is 16.0 Å². The summed E-state index contributed by atoms with van der Waals surface area (Å²) in [6, 6.07) is 16.8. The van der Waals surface area contributed by atoms with E-state index in [9.17, 15) is 13.2 Å². The molecule has 0 amide bonds. The third-order valence-corrected chi connectivity index (χ3v) is 5.02. The van der Waals surface area contributed by atoms with E-state index >= 15 is 0 Å². The third-order valence-electron chi connectivity index (χ3n) is 3.64. The van der Waals surface area contributed by atoms with Gasteiger partial charge in [-0.15, -0.1) is 0 Å². The molecule has 2 aromatic carbocycles. The molecule has 0 atom stereocenters. The van der Waals surface area contributed by atoms with Gasteiger partial charge in [0.2, 0.25) is 10.0 Å². The van der Waals surface area contributed by atoms with E-state index in [0.717, 1.165) is 22.8 Å². The Hall–Kier alpha value is -2.44. The van der Waals surface area contributed by atoms with Crippen LogP contribution in [0.2, 0.25) is 0 Å². The highest BCUT2D eigenvalue weighted by molar-refractivity contribution is 7.89. The second-order valence-electron chi connectivity index (χ2n) is 5.61. The van der Waals surface area contributed by atoms with Crippen molar-refractivity contribution in [3.8, 4) is 0 Å². The van der Waals surface area contributed by atoms with Crippen molar-refractivity contribution in [2.24, 2.45) is 0 Å². The zero-order valence-electron chi connectivity index (χ0n) is 13.8. The summed E-state index contributed by atoms with van der Waals surface area (Å²) in [7, 11) is -3.30. The minimum atomic E-state index is -3.30. The number of carbonyl (C=O) groups is 1. The maximum absolute atomic E-state index is 12.0. The second kappa shape index (κ2) is 9.15. The first-order chi connectivity index (χ1) is 11.9. The zero-order valence-corrected chi connectivity index (χ0v) is 14.6. The summed E-state index contributed by atoms with van der Waals surface area (Å²) in [5.74, 6) is -0.926. The number of aliphatic carboxylic acids is 1. The van der Waals surface area contributed by atoms with Crippen LogP contribution in [-0.2, 0) is 27.7 Å². The summed E-state index contributed by atoms with van der Waals surface area (Å²) < 4.78 is 26.7. The molecular weight excluding hydrogens is 338 g/mol. The zero-order chi connectivity index (χ0) is 18.1. The van der Waals surface area contributed by atoms with Gasteiger partial charge in [-0.2, -0.15) is 0 Å². The fraction of sp³-hybridized carbons (Fsp3) is 0.211. The Bertz CT molecular complexity index is 812. The van der Waals surface area contributed by atoms with Crippen LogP contribution in [0, 0.1) is 0 Å². The van der Waals surface area contributed by atoms with Crippen molar-refractivity contribution in [3.05, 3.63) is 77.4 Å². The van der Waals surface area contributed by atoms with Crippen LogP contribution >= 0.6 is 0 Å². The quantitative estimate of drug-likeness (QED) is 0.674. The molecule has 0 aliphatic heterocycles. The van der Waals surface area contributed by atoms with Crippen molar-refractivity contribution in [1.29, 1.82) is 0 Å². The Labute approximate surface area is 148 Å². The number of carboxylic acid groups (broad SMARTS) is 1. The molecule has 6 heteroatoms. The average molecular weight is 359 g/mol. The number of nitrogens with one attached hydrogen (secondary N) is 1.